The van der Waals surface area contributed by atoms with Gasteiger partial charge in [0.2, 0.25) is 0 Å². The van der Waals surface area contributed by atoms with Gasteiger partial charge in [0, 0.05) is 23.1 Å². The average Bonchev–Trinajstić information content (AvgIpc) is 2.39. The summed E-state index contributed by atoms with van der Waals surface area (Å²) in [4.78, 5) is 0. The Morgan fingerprint density at radius 2 is 2.16 bits per heavy atom. The fourth-order valence-electron chi connectivity index (χ4n) is 2.81. The molecule has 106 valence electrons. The molecule has 0 aromatic heterocycles. The molecule has 0 radical (unpaired) electrons. The maximum atomic E-state index is 13.0. The van der Waals surface area contributed by atoms with Gasteiger partial charge in [-0.3, -0.25) is 4.39 Å². The summed E-state index contributed by atoms with van der Waals surface area (Å²) in [6.07, 6.45) is 6.63. The Kier molecular flexibility index (Phi) is 5.16. The topological polar surface area (TPSA) is 12.0 Å². The van der Waals surface area contributed by atoms with E-state index >= 15 is 0 Å². The van der Waals surface area contributed by atoms with Gasteiger partial charge in [0.1, 0.15) is 0 Å². The van der Waals surface area contributed by atoms with Gasteiger partial charge in [-0.25, -0.2) is 0 Å². The van der Waals surface area contributed by atoms with Crippen molar-refractivity contribution in [1.82, 2.24) is 5.32 Å². The van der Waals surface area contributed by atoms with Gasteiger partial charge in [-0.1, -0.05) is 31.7 Å². The lowest BCUT2D eigenvalue weighted by molar-refractivity contribution is 0.225. The van der Waals surface area contributed by atoms with Gasteiger partial charge in [-0.2, -0.15) is 0 Å². The number of rotatable bonds is 5. The molecule has 2 heteroatoms. The van der Waals surface area contributed by atoms with Crippen LogP contribution >= 0.6 is 0 Å². The highest BCUT2D eigenvalue weighted by Gasteiger charge is 2.38. The summed E-state index contributed by atoms with van der Waals surface area (Å²) in [5.74, 6) is 0.196. The third kappa shape index (κ3) is 3.17. The standard InChI is InChI=1S/C17H26FN/c1-7-9-16-12(3)14(5)19-17(6,13(16)4)10-15(8-2)11-18/h7-9,13,15,19H,2,5,10-11H2,1,3-4,6H3/b9-7-. The van der Waals surface area contributed by atoms with Crippen molar-refractivity contribution in [3.63, 3.8) is 0 Å². The first-order valence-electron chi connectivity index (χ1n) is 6.89. The molecular formula is C17H26FN. The van der Waals surface area contributed by atoms with Crippen LogP contribution in [0.15, 0.2) is 48.2 Å². The Balaban J connectivity index is 3.11. The highest BCUT2D eigenvalue weighted by molar-refractivity contribution is 5.43. The number of nitrogens with one attached hydrogen (secondary N) is 1. The monoisotopic (exact) mass is 263 g/mol. The first-order valence-corrected chi connectivity index (χ1v) is 6.89. The van der Waals surface area contributed by atoms with E-state index in [1.165, 1.54) is 11.1 Å². The van der Waals surface area contributed by atoms with E-state index in [2.05, 4.69) is 51.4 Å². The molecule has 3 unspecified atom stereocenters. The molecule has 0 aromatic carbocycles. The number of halogens is 1. The number of hydrogen-bond donors (Lipinski definition) is 1. The van der Waals surface area contributed by atoms with E-state index in [1.807, 2.05) is 6.92 Å². The van der Waals surface area contributed by atoms with Crippen LogP contribution in [0.2, 0.25) is 0 Å². The van der Waals surface area contributed by atoms with Gasteiger partial charge >= 0.3 is 0 Å². The van der Waals surface area contributed by atoms with Crippen molar-refractivity contribution in [1.29, 1.82) is 0 Å². The minimum atomic E-state index is -0.360. The van der Waals surface area contributed by atoms with Crippen LogP contribution in [0.3, 0.4) is 0 Å². The van der Waals surface area contributed by atoms with Crippen molar-refractivity contribution in [3.8, 4) is 0 Å². The average molecular weight is 263 g/mol. The smallest absolute Gasteiger partial charge is 0.0957 e. The SMILES string of the molecule is C=CC(CF)CC1(C)NC(=C)C(C)=C(/C=C\C)C1C. The summed E-state index contributed by atoms with van der Waals surface area (Å²) < 4.78 is 13.0. The summed E-state index contributed by atoms with van der Waals surface area (Å²) in [7, 11) is 0. The Labute approximate surface area is 117 Å². The van der Waals surface area contributed by atoms with E-state index < -0.39 is 0 Å². The molecule has 0 aromatic rings. The maximum absolute atomic E-state index is 13.0. The Hall–Kier alpha value is -1.31. The highest BCUT2D eigenvalue weighted by atomic mass is 19.1. The van der Waals surface area contributed by atoms with Crippen LogP contribution in [0.1, 0.15) is 34.1 Å². The van der Waals surface area contributed by atoms with Gasteiger partial charge in [-0.15, -0.1) is 6.58 Å². The van der Waals surface area contributed by atoms with Crippen LogP contribution in [-0.4, -0.2) is 12.2 Å². The molecule has 0 bridgehead atoms. The Bertz CT molecular complexity index is 419. The molecule has 3 atom stereocenters. The van der Waals surface area contributed by atoms with Crippen LogP contribution in [0.25, 0.3) is 0 Å². The van der Waals surface area contributed by atoms with Gasteiger partial charge < -0.3 is 5.32 Å². The van der Waals surface area contributed by atoms with Crippen LogP contribution in [0, 0.1) is 11.8 Å². The third-order valence-corrected chi connectivity index (χ3v) is 4.31. The molecule has 19 heavy (non-hydrogen) atoms. The first kappa shape index (κ1) is 15.7. The zero-order valence-corrected chi connectivity index (χ0v) is 12.6. The van der Waals surface area contributed by atoms with Gasteiger partial charge in [0.25, 0.3) is 0 Å². The second kappa shape index (κ2) is 6.23. The van der Waals surface area contributed by atoms with E-state index in [0.29, 0.717) is 5.92 Å². The van der Waals surface area contributed by atoms with E-state index in [4.69, 9.17) is 0 Å². The van der Waals surface area contributed by atoms with Crippen molar-refractivity contribution < 1.29 is 4.39 Å². The Morgan fingerprint density at radius 3 is 2.63 bits per heavy atom. The number of hydrogen-bond acceptors (Lipinski definition) is 1. The van der Waals surface area contributed by atoms with Crippen LogP contribution in [-0.2, 0) is 0 Å². The third-order valence-electron chi connectivity index (χ3n) is 4.31. The molecule has 0 saturated carbocycles. The summed E-state index contributed by atoms with van der Waals surface area (Å²) in [5.41, 5.74) is 3.24. The zero-order valence-electron chi connectivity index (χ0n) is 12.6. The molecule has 1 nitrogen and oxygen atoms in total. The molecule has 0 fully saturated rings. The summed E-state index contributed by atoms with van der Waals surface area (Å²) in [6, 6.07) is 0. The van der Waals surface area contributed by atoms with Crippen molar-refractivity contribution in [2.45, 2.75) is 39.7 Å². The lowest BCUT2D eigenvalue weighted by atomic mass is 9.71. The molecular weight excluding hydrogens is 237 g/mol. The molecule has 1 aliphatic heterocycles. The van der Waals surface area contributed by atoms with E-state index in [-0.39, 0.29) is 18.1 Å². The van der Waals surface area contributed by atoms with Crippen molar-refractivity contribution in [2.75, 3.05) is 6.67 Å². The molecule has 1 aliphatic rings. The predicted molar refractivity (Wildman–Crippen MR) is 81.6 cm³/mol. The predicted octanol–water partition coefficient (Wildman–Crippen LogP) is 4.55. The second-order valence-electron chi connectivity index (χ2n) is 5.68. The van der Waals surface area contributed by atoms with Crippen molar-refractivity contribution in [3.05, 3.63) is 48.2 Å². The Morgan fingerprint density at radius 1 is 1.53 bits per heavy atom. The summed E-state index contributed by atoms with van der Waals surface area (Å²) >= 11 is 0. The second-order valence-corrected chi connectivity index (χ2v) is 5.68. The fourth-order valence-corrected chi connectivity index (χ4v) is 2.81. The quantitative estimate of drug-likeness (QED) is 0.717. The van der Waals surface area contributed by atoms with E-state index in [9.17, 15) is 4.39 Å². The molecule has 0 spiro atoms. The van der Waals surface area contributed by atoms with Crippen LogP contribution < -0.4 is 5.32 Å². The van der Waals surface area contributed by atoms with E-state index in [1.54, 1.807) is 6.08 Å². The molecule has 0 aliphatic carbocycles. The van der Waals surface area contributed by atoms with Crippen LogP contribution in [0.4, 0.5) is 4.39 Å². The van der Waals surface area contributed by atoms with Crippen molar-refractivity contribution >= 4 is 0 Å². The molecule has 0 saturated heterocycles. The van der Waals surface area contributed by atoms with Crippen molar-refractivity contribution in [2.24, 2.45) is 11.8 Å². The zero-order chi connectivity index (χ0) is 14.6. The summed E-state index contributed by atoms with van der Waals surface area (Å²) in [6.45, 7) is 15.9. The molecule has 0 amide bonds. The van der Waals surface area contributed by atoms with Gasteiger partial charge in [-0.05, 0) is 38.3 Å². The molecule has 1 rings (SSSR count). The van der Waals surface area contributed by atoms with Crippen LogP contribution in [0.5, 0.6) is 0 Å². The lowest BCUT2D eigenvalue weighted by Crippen LogP contribution is -2.52. The fraction of sp³-hybridized carbons (Fsp3) is 0.529. The number of allylic oxidation sites excluding steroid dienone is 4. The maximum Gasteiger partial charge on any atom is 0.0957 e. The molecule has 1 N–H and O–H groups in total. The van der Waals surface area contributed by atoms with Gasteiger partial charge in [0.15, 0.2) is 0 Å². The molecule has 1 heterocycles. The highest BCUT2D eigenvalue weighted by Crippen LogP contribution is 2.39. The normalized spacial score (nSPS) is 29.5. The van der Waals surface area contributed by atoms with Gasteiger partial charge in [0.05, 0.1) is 6.67 Å². The minimum absolute atomic E-state index is 0.113. The minimum Gasteiger partial charge on any atom is -0.380 e. The largest absolute Gasteiger partial charge is 0.380 e. The van der Waals surface area contributed by atoms with E-state index in [0.717, 1.165) is 12.1 Å². The lowest BCUT2D eigenvalue weighted by Gasteiger charge is -2.45. The first-order chi connectivity index (χ1) is 8.89. The summed E-state index contributed by atoms with van der Waals surface area (Å²) in [5, 5.41) is 3.48. The number of alkyl halides is 1.